The van der Waals surface area contributed by atoms with Gasteiger partial charge in [-0.05, 0) is 19.8 Å². The Kier molecular flexibility index (Phi) is 5.49. The van der Waals surface area contributed by atoms with Gasteiger partial charge < -0.3 is 16.0 Å². The molecule has 2 atom stereocenters. The molecule has 2 unspecified atom stereocenters. The minimum atomic E-state index is -0.379. The lowest BCUT2D eigenvalue weighted by molar-refractivity contribution is 0.163. The van der Waals surface area contributed by atoms with Crippen LogP contribution in [0.3, 0.4) is 0 Å². The molecule has 0 saturated carbocycles. The molecule has 0 spiro atoms. The van der Waals surface area contributed by atoms with Crippen molar-refractivity contribution in [2.24, 2.45) is 10.9 Å². The van der Waals surface area contributed by atoms with E-state index in [1.165, 1.54) is 0 Å². The standard InChI is InChI=1S/C9H21N3O2/c1-4-7(8(10)12-14)11-9(3,5-2)6-13/h7,11,13-14H,4-6H2,1-3H3,(H2,10,12). The predicted molar refractivity (Wildman–Crippen MR) is 56.4 cm³/mol. The van der Waals surface area contributed by atoms with Gasteiger partial charge in [0, 0.05) is 5.54 Å². The highest BCUT2D eigenvalue weighted by Crippen LogP contribution is 2.10. The van der Waals surface area contributed by atoms with E-state index in [2.05, 4.69) is 10.5 Å². The molecule has 0 aliphatic rings. The van der Waals surface area contributed by atoms with Crippen molar-refractivity contribution in [3.8, 4) is 0 Å². The zero-order valence-electron chi connectivity index (χ0n) is 9.12. The quantitative estimate of drug-likeness (QED) is 0.216. The summed E-state index contributed by atoms with van der Waals surface area (Å²) < 4.78 is 0. The molecular weight excluding hydrogens is 182 g/mol. The lowest BCUT2D eigenvalue weighted by Gasteiger charge is -2.31. The molecule has 0 aliphatic carbocycles. The van der Waals surface area contributed by atoms with Crippen LogP contribution in [-0.4, -0.2) is 34.3 Å². The van der Waals surface area contributed by atoms with Gasteiger partial charge in [-0.2, -0.15) is 0 Å². The summed E-state index contributed by atoms with van der Waals surface area (Å²) in [6.07, 6.45) is 1.49. The van der Waals surface area contributed by atoms with Gasteiger partial charge in [-0.15, -0.1) is 0 Å². The Balaban J connectivity index is 4.44. The molecule has 0 aromatic rings. The predicted octanol–water partition coefficient (Wildman–Crippen LogP) is 0.262. The smallest absolute Gasteiger partial charge is 0.156 e. The summed E-state index contributed by atoms with van der Waals surface area (Å²) in [5.41, 5.74) is 5.12. The first-order valence-corrected chi connectivity index (χ1v) is 4.89. The van der Waals surface area contributed by atoms with Crippen molar-refractivity contribution in [2.45, 2.75) is 45.2 Å². The fourth-order valence-electron chi connectivity index (χ4n) is 1.13. The number of aliphatic hydroxyl groups excluding tert-OH is 1. The van der Waals surface area contributed by atoms with Crippen molar-refractivity contribution in [1.82, 2.24) is 5.32 Å². The maximum atomic E-state index is 9.18. The molecule has 0 heterocycles. The Hall–Kier alpha value is -0.810. The summed E-state index contributed by atoms with van der Waals surface area (Å²) in [5, 5.41) is 23.8. The minimum absolute atomic E-state index is 0.0265. The van der Waals surface area contributed by atoms with E-state index in [1.807, 2.05) is 20.8 Å². The molecule has 5 N–H and O–H groups in total. The number of amidine groups is 1. The van der Waals surface area contributed by atoms with Crippen LogP contribution in [0.4, 0.5) is 0 Å². The van der Waals surface area contributed by atoms with Crippen LogP contribution in [0.5, 0.6) is 0 Å². The molecule has 0 rings (SSSR count). The molecule has 0 aromatic carbocycles. The normalized spacial score (nSPS) is 19.0. The Morgan fingerprint density at radius 3 is 2.43 bits per heavy atom. The number of nitrogens with one attached hydrogen (secondary N) is 1. The van der Waals surface area contributed by atoms with Crippen molar-refractivity contribution >= 4 is 5.84 Å². The van der Waals surface area contributed by atoms with E-state index in [0.717, 1.165) is 6.42 Å². The zero-order valence-corrected chi connectivity index (χ0v) is 9.12. The third-order valence-corrected chi connectivity index (χ3v) is 2.53. The summed E-state index contributed by atoms with van der Waals surface area (Å²) in [7, 11) is 0. The third kappa shape index (κ3) is 3.51. The molecule has 84 valence electrons. The van der Waals surface area contributed by atoms with Crippen molar-refractivity contribution in [3.63, 3.8) is 0 Å². The monoisotopic (exact) mass is 203 g/mol. The first-order valence-electron chi connectivity index (χ1n) is 4.89. The van der Waals surface area contributed by atoms with Crippen molar-refractivity contribution in [1.29, 1.82) is 0 Å². The highest BCUT2D eigenvalue weighted by atomic mass is 16.4. The molecule has 0 saturated heterocycles. The topological polar surface area (TPSA) is 90.9 Å². The van der Waals surface area contributed by atoms with E-state index in [-0.39, 0.29) is 24.0 Å². The average Bonchev–Trinajstić information content (AvgIpc) is 2.24. The summed E-state index contributed by atoms with van der Waals surface area (Å²) in [6, 6.07) is -0.197. The lowest BCUT2D eigenvalue weighted by Crippen LogP contribution is -2.54. The Bertz CT molecular complexity index is 190. The van der Waals surface area contributed by atoms with Gasteiger partial charge in [-0.1, -0.05) is 19.0 Å². The number of rotatable bonds is 6. The van der Waals surface area contributed by atoms with Crippen LogP contribution >= 0.6 is 0 Å². The Labute approximate surface area is 85.0 Å². The zero-order chi connectivity index (χ0) is 11.2. The molecule has 0 bridgehead atoms. The van der Waals surface area contributed by atoms with E-state index >= 15 is 0 Å². The van der Waals surface area contributed by atoms with E-state index in [4.69, 9.17) is 10.9 Å². The third-order valence-electron chi connectivity index (χ3n) is 2.53. The highest BCUT2D eigenvalue weighted by molar-refractivity contribution is 5.85. The molecule has 0 amide bonds. The number of aliphatic hydroxyl groups is 1. The van der Waals surface area contributed by atoms with Gasteiger partial charge >= 0.3 is 0 Å². The fourth-order valence-corrected chi connectivity index (χ4v) is 1.13. The second-order valence-electron chi connectivity index (χ2n) is 3.70. The molecule has 0 aromatic heterocycles. The Morgan fingerprint density at radius 2 is 2.14 bits per heavy atom. The second-order valence-corrected chi connectivity index (χ2v) is 3.70. The van der Waals surface area contributed by atoms with E-state index in [0.29, 0.717) is 6.42 Å². The maximum Gasteiger partial charge on any atom is 0.156 e. The van der Waals surface area contributed by atoms with E-state index in [9.17, 15) is 5.11 Å². The van der Waals surface area contributed by atoms with Crippen LogP contribution < -0.4 is 11.1 Å². The molecule has 14 heavy (non-hydrogen) atoms. The van der Waals surface area contributed by atoms with Gasteiger partial charge in [-0.25, -0.2) is 0 Å². The average molecular weight is 203 g/mol. The Morgan fingerprint density at radius 1 is 1.57 bits per heavy atom. The van der Waals surface area contributed by atoms with E-state index in [1.54, 1.807) is 0 Å². The maximum absolute atomic E-state index is 9.18. The fraction of sp³-hybridized carbons (Fsp3) is 0.889. The number of hydrogen-bond donors (Lipinski definition) is 4. The van der Waals surface area contributed by atoms with Gasteiger partial charge in [0.2, 0.25) is 0 Å². The number of oxime groups is 1. The van der Waals surface area contributed by atoms with Gasteiger partial charge in [0.15, 0.2) is 5.84 Å². The minimum Gasteiger partial charge on any atom is -0.409 e. The first kappa shape index (κ1) is 13.2. The first-order chi connectivity index (χ1) is 6.52. The van der Waals surface area contributed by atoms with Gasteiger partial charge in [0.25, 0.3) is 0 Å². The summed E-state index contributed by atoms with van der Waals surface area (Å²) in [6.45, 7) is 5.84. The summed E-state index contributed by atoms with van der Waals surface area (Å²) in [4.78, 5) is 0. The summed E-state index contributed by atoms with van der Waals surface area (Å²) >= 11 is 0. The van der Waals surface area contributed by atoms with Crippen LogP contribution in [-0.2, 0) is 0 Å². The number of nitrogens with zero attached hydrogens (tertiary/aromatic N) is 1. The lowest BCUT2D eigenvalue weighted by atomic mass is 9.98. The molecule has 5 heteroatoms. The van der Waals surface area contributed by atoms with Crippen LogP contribution in [0.2, 0.25) is 0 Å². The molecule has 5 nitrogen and oxygen atoms in total. The van der Waals surface area contributed by atoms with Gasteiger partial charge in [-0.3, -0.25) is 5.32 Å². The SMILES string of the molecule is CCC(NC(C)(CC)CO)C(N)=NO. The van der Waals surface area contributed by atoms with Gasteiger partial charge in [0.1, 0.15) is 0 Å². The van der Waals surface area contributed by atoms with Crippen LogP contribution in [0.25, 0.3) is 0 Å². The number of hydrogen-bond acceptors (Lipinski definition) is 4. The molecule has 0 fully saturated rings. The van der Waals surface area contributed by atoms with Gasteiger partial charge in [0.05, 0.1) is 12.6 Å². The second kappa shape index (κ2) is 5.82. The highest BCUT2D eigenvalue weighted by Gasteiger charge is 2.25. The van der Waals surface area contributed by atoms with Crippen molar-refractivity contribution < 1.29 is 10.3 Å². The number of nitrogens with two attached hydrogens (primary N) is 1. The summed E-state index contributed by atoms with van der Waals surface area (Å²) in [5.74, 6) is 0.153. The van der Waals surface area contributed by atoms with Crippen LogP contribution in [0, 0.1) is 0 Å². The van der Waals surface area contributed by atoms with Crippen LogP contribution in [0.15, 0.2) is 5.16 Å². The van der Waals surface area contributed by atoms with Crippen LogP contribution in [0.1, 0.15) is 33.6 Å². The van der Waals surface area contributed by atoms with E-state index < -0.39 is 0 Å². The molecule has 0 aliphatic heterocycles. The van der Waals surface area contributed by atoms with Crippen molar-refractivity contribution in [3.05, 3.63) is 0 Å². The largest absolute Gasteiger partial charge is 0.409 e. The van der Waals surface area contributed by atoms with Crippen molar-refractivity contribution in [2.75, 3.05) is 6.61 Å². The molecule has 0 radical (unpaired) electrons. The molecular formula is C9H21N3O2.